The molecule has 0 spiro atoms. The second-order valence-electron chi connectivity index (χ2n) is 6.21. The number of nitrogens with zero attached hydrogens (tertiary/aromatic N) is 7. The number of hydrogen-bond donors (Lipinski definition) is 1. The maximum absolute atomic E-state index is 9.19. The molecule has 8 nitrogen and oxygen atoms in total. The SMILES string of the molecule is CN(CCO)c1nc2c(-c3cnn(C)c3)nc(-c3ccc(Cl)cc3)cn2n1. The van der Waals surface area contributed by atoms with Gasteiger partial charge in [0.05, 0.1) is 24.7 Å². The molecule has 1 N–H and O–H groups in total. The van der Waals surface area contributed by atoms with Crippen molar-refractivity contribution in [1.29, 1.82) is 0 Å². The number of aromatic nitrogens is 6. The van der Waals surface area contributed by atoms with Gasteiger partial charge in [-0.3, -0.25) is 4.68 Å². The Bertz CT molecular complexity index is 1090. The molecule has 0 aliphatic rings. The third kappa shape index (κ3) is 3.36. The number of aliphatic hydroxyl groups is 1. The van der Waals surface area contributed by atoms with Gasteiger partial charge in [-0.15, -0.1) is 5.10 Å². The molecule has 4 rings (SSSR count). The zero-order valence-electron chi connectivity index (χ0n) is 14.9. The third-order valence-electron chi connectivity index (χ3n) is 4.20. The molecule has 3 heterocycles. The summed E-state index contributed by atoms with van der Waals surface area (Å²) in [5.74, 6) is 0.518. The number of aliphatic hydroxyl groups excluding tert-OH is 1. The van der Waals surface area contributed by atoms with Gasteiger partial charge in [-0.05, 0) is 12.1 Å². The van der Waals surface area contributed by atoms with E-state index in [1.54, 1.807) is 20.3 Å². The van der Waals surface area contributed by atoms with Gasteiger partial charge in [-0.1, -0.05) is 23.7 Å². The fraction of sp³-hybridized carbons (Fsp3) is 0.222. The van der Waals surface area contributed by atoms with Crippen LogP contribution in [0.5, 0.6) is 0 Å². The van der Waals surface area contributed by atoms with E-state index in [1.807, 2.05) is 50.8 Å². The van der Waals surface area contributed by atoms with Gasteiger partial charge in [0, 0.05) is 43.0 Å². The highest BCUT2D eigenvalue weighted by atomic mass is 35.5. The van der Waals surface area contributed by atoms with Crippen LogP contribution in [0.25, 0.3) is 28.2 Å². The van der Waals surface area contributed by atoms with E-state index in [2.05, 4.69) is 15.2 Å². The number of halogens is 1. The van der Waals surface area contributed by atoms with Gasteiger partial charge in [-0.25, -0.2) is 9.50 Å². The molecule has 0 aliphatic heterocycles. The van der Waals surface area contributed by atoms with Crippen molar-refractivity contribution in [2.75, 3.05) is 25.1 Å². The molecule has 0 aliphatic carbocycles. The molecule has 0 saturated heterocycles. The zero-order chi connectivity index (χ0) is 19.0. The molecule has 27 heavy (non-hydrogen) atoms. The number of aryl methyl sites for hydroxylation is 1. The lowest BCUT2D eigenvalue weighted by Gasteiger charge is -2.11. The second-order valence-corrected chi connectivity index (χ2v) is 6.65. The number of rotatable bonds is 5. The van der Waals surface area contributed by atoms with Crippen LogP contribution in [-0.2, 0) is 7.05 Å². The Balaban J connectivity index is 1.91. The summed E-state index contributed by atoms with van der Waals surface area (Å²) in [6.45, 7) is 0.465. The van der Waals surface area contributed by atoms with Crippen molar-refractivity contribution in [1.82, 2.24) is 29.4 Å². The maximum atomic E-state index is 9.19. The first-order valence-corrected chi connectivity index (χ1v) is 8.77. The summed E-state index contributed by atoms with van der Waals surface area (Å²) in [4.78, 5) is 11.2. The van der Waals surface area contributed by atoms with E-state index < -0.39 is 0 Å². The lowest BCUT2D eigenvalue weighted by Crippen LogP contribution is -2.22. The summed E-state index contributed by atoms with van der Waals surface area (Å²) in [5.41, 5.74) is 3.83. The average Bonchev–Trinajstić information content (AvgIpc) is 3.28. The van der Waals surface area contributed by atoms with Crippen molar-refractivity contribution in [2.24, 2.45) is 7.05 Å². The summed E-state index contributed by atoms with van der Waals surface area (Å²) < 4.78 is 3.43. The molecule has 0 saturated carbocycles. The maximum Gasteiger partial charge on any atom is 0.245 e. The fourth-order valence-electron chi connectivity index (χ4n) is 2.79. The largest absolute Gasteiger partial charge is 0.395 e. The van der Waals surface area contributed by atoms with Crippen LogP contribution in [0.2, 0.25) is 5.02 Å². The van der Waals surface area contributed by atoms with Gasteiger partial charge in [0.25, 0.3) is 0 Å². The molecule has 0 bridgehead atoms. The average molecular weight is 384 g/mol. The van der Waals surface area contributed by atoms with E-state index in [1.165, 1.54) is 0 Å². The Morgan fingerprint density at radius 3 is 2.56 bits per heavy atom. The first-order valence-electron chi connectivity index (χ1n) is 8.39. The van der Waals surface area contributed by atoms with E-state index in [0.29, 0.717) is 28.9 Å². The van der Waals surface area contributed by atoms with Crippen molar-refractivity contribution in [3.8, 4) is 22.5 Å². The Hall–Kier alpha value is -2.97. The Labute approximate surface area is 160 Å². The number of hydrogen-bond acceptors (Lipinski definition) is 6. The van der Waals surface area contributed by atoms with Crippen LogP contribution < -0.4 is 4.90 Å². The standard InChI is InChI=1S/C18H18ClN7O/c1-24(7-8-27)18-22-17-16(13-9-20-25(2)10-13)21-15(11-26(17)23-18)12-3-5-14(19)6-4-12/h3-6,9-11,27H,7-8H2,1-2H3. The predicted octanol–water partition coefficient (Wildman–Crippen LogP) is 2.27. The number of fused-ring (bicyclic) bond motifs is 1. The first-order chi connectivity index (χ1) is 13.0. The summed E-state index contributed by atoms with van der Waals surface area (Å²) >= 11 is 6.01. The Kier molecular flexibility index (Phi) is 4.51. The van der Waals surface area contributed by atoms with Crippen molar-refractivity contribution < 1.29 is 5.11 Å². The monoisotopic (exact) mass is 383 g/mol. The van der Waals surface area contributed by atoms with E-state index in [4.69, 9.17) is 16.6 Å². The Morgan fingerprint density at radius 2 is 1.89 bits per heavy atom. The molecule has 9 heteroatoms. The van der Waals surface area contributed by atoms with Gasteiger partial charge in [0.15, 0.2) is 5.65 Å². The molecule has 0 radical (unpaired) electrons. The molecule has 0 unspecified atom stereocenters. The fourth-order valence-corrected chi connectivity index (χ4v) is 2.91. The topological polar surface area (TPSA) is 84.4 Å². The van der Waals surface area contributed by atoms with Crippen molar-refractivity contribution in [3.05, 3.63) is 47.9 Å². The lowest BCUT2D eigenvalue weighted by molar-refractivity contribution is 0.303. The van der Waals surface area contributed by atoms with Crippen LogP contribution in [0.3, 0.4) is 0 Å². The quantitative estimate of drug-likeness (QED) is 0.569. The van der Waals surface area contributed by atoms with Gasteiger partial charge in [0.1, 0.15) is 5.69 Å². The zero-order valence-corrected chi connectivity index (χ0v) is 15.7. The van der Waals surface area contributed by atoms with Crippen LogP contribution >= 0.6 is 11.6 Å². The Morgan fingerprint density at radius 1 is 1.11 bits per heavy atom. The van der Waals surface area contributed by atoms with E-state index in [0.717, 1.165) is 16.8 Å². The number of likely N-dealkylation sites (N-methyl/N-ethyl adjacent to an activating group) is 1. The summed E-state index contributed by atoms with van der Waals surface area (Å²) in [7, 11) is 3.69. The molecule has 138 valence electrons. The highest BCUT2D eigenvalue weighted by Gasteiger charge is 2.17. The molecule has 4 aromatic rings. The van der Waals surface area contributed by atoms with Crippen molar-refractivity contribution >= 4 is 23.2 Å². The van der Waals surface area contributed by atoms with Crippen LogP contribution in [0, 0.1) is 0 Å². The summed E-state index contributed by atoms with van der Waals surface area (Å²) in [6.07, 6.45) is 5.47. The smallest absolute Gasteiger partial charge is 0.245 e. The third-order valence-corrected chi connectivity index (χ3v) is 4.46. The second kappa shape index (κ2) is 6.98. The number of benzene rings is 1. The summed E-state index contributed by atoms with van der Waals surface area (Å²) in [6, 6.07) is 7.49. The molecule has 0 atom stereocenters. The highest BCUT2D eigenvalue weighted by molar-refractivity contribution is 6.30. The van der Waals surface area contributed by atoms with Crippen LogP contribution in [0.1, 0.15) is 0 Å². The van der Waals surface area contributed by atoms with Crippen molar-refractivity contribution in [3.63, 3.8) is 0 Å². The molecule has 0 fully saturated rings. The van der Waals surface area contributed by atoms with Gasteiger partial charge >= 0.3 is 0 Å². The normalized spacial score (nSPS) is 11.3. The van der Waals surface area contributed by atoms with E-state index in [9.17, 15) is 5.11 Å². The van der Waals surface area contributed by atoms with Gasteiger partial charge in [-0.2, -0.15) is 10.1 Å². The predicted molar refractivity (Wildman–Crippen MR) is 104 cm³/mol. The molecule has 0 amide bonds. The molecule has 1 aromatic carbocycles. The summed E-state index contributed by atoms with van der Waals surface area (Å²) in [5, 5.41) is 18.7. The minimum atomic E-state index is 0.0236. The van der Waals surface area contributed by atoms with Gasteiger partial charge in [0.2, 0.25) is 5.95 Å². The number of anilines is 1. The van der Waals surface area contributed by atoms with Crippen LogP contribution in [0.15, 0.2) is 42.9 Å². The minimum absolute atomic E-state index is 0.0236. The van der Waals surface area contributed by atoms with Crippen molar-refractivity contribution in [2.45, 2.75) is 0 Å². The van der Waals surface area contributed by atoms with E-state index >= 15 is 0 Å². The highest BCUT2D eigenvalue weighted by Crippen LogP contribution is 2.27. The minimum Gasteiger partial charge on any atom is -0.395 e. The lowest BCUT2D eigenvalue weighted by atomic mass is 10.1. The molecular weight excluding hydrogens is 366 g/mol. The van der Waals surface area contributed by atoms with Gasteiger partial charge < -0.3 is 10.0 Å². The first kappa shape index (κ1) is 17.4. The molecular formula is C18H18ClN7O. The molecule has 3 aromatic heterocycles. The van der Waals surface area contributed by atoms with E-state index in [-0.39, 0.29) is 6.61 Å². The van der Waals surface area contributed by atoms with Crippen LogP contribution in [-0.4, -0.2) is 54.7 Å². The van der Waals surface area contributed by atoms with Crippen LogP contribution in [0.4, 0.5) is 5.95 Å².